The van der Waals surface area contributed by atoms with Gasteiger partial charge in [-0.3, -0.25) is 0 Å². The van der Waals surface area contributed by atoms with Crippen molar-refractivity contribution in [3.05, 3.63) is 0 Å². The van der Waals surface area contributed by atoms with Crippen LogP contribution in [-0.4, -0.2) is 49.1 Å². The van der Waals surface area contributed by atoms with Gasteiger partial charge in [-0.25, -0.2) is 0 Å². The molecular formula is C11H22N2. The Morgan fingerprint density at radius 2 is 1.62 bits per heavy atom. The molecule has 2 nitrogen and oxygen atoms in total. The quantitative estimate of drug-likeness (QED) is 0.649. The Bertz CT molecular complexity index is 161. The predicted molar refractivity (Wildman–Crippen MR) is 55.8 cm³/mol. The van der Waals surface area contributed by atoms with Gasteiger partial charge in [0.1, 0.15) is 0 Å². The molecule has 76 valence electrons. The number of hydrogen-bond acceptors (Lipinski definition) is 2. The van der Waals surface area contributed by atoms with Crippen molar-refractivity contribution in [2.45, 2.75) is 20.3 Å². The van der Waals surface area contributed by atoms with Crippen LogP contribution in [0, 0.1) is 11.8 Å². The molecule has 1 saturated carbocycles. The third-order valence-electron chi connectivity index (χ3n) is 3.68. The molecule has 2 heteroatoms. The first-order valence-electron chi connectivity index (χ1n) is 5.74. The van der Waals surface area contributed by atoms with Crippen LogP contribution in [0.15, 0.2) is 0 Å². The van der Waals surface area contributed by atoms with Gasteiger partial charge >= 0.3 is 0 Å². The highest BCUT2D eigenvalue weighted by atomic mass is 15.3. The normalized spacial score (nSPS) is 36.5. The van der Waals surface area contributed by atoms with Gasteiger partial charge in [-0.05, 0) is 24.8 Å². The molecule has 0 N–H and O–H groups in total. The Balaban J connectivity index is 1.66. The van der Waals surface area contributed by atoms with Crippen molar-refractivity contribution in [2.75, 3.05) is 39.3 Å². The van der Waals surface area contributed by atoms with E-state index in [9.17, 15) is 0 Å². The molecule has 0 aromatic heterocycles. The zero-order chi connectivity index (χ0) is 9.26. The van der Waals surface area contributed by atoms with E-state index < -0.39 is 0 Å². The second kappa shape index (κ2) is 3.97. The van der Waals surface area contributed by atoms with E-state index in [2.05, 4.69) is 23.6 Å². The zero-order valence-electron chi connectivity index (χ0n) is 9.00. The fourth-order valence-corrected chi connectivity index (χ4v) is 2.27. The van der Waals surface area contributed by atoms with Gasteiger partial charge in [0.25, 0.3) is 0 Å². The fourth-order valence-electron chi connectivity index (χ4n) is 2.27. The Kier molecular flexibility index (Phi) is 2.89. The Morgan fingerprint density at radius 1 is 1.08 bits per heavy atom. The van der Waals surface area contributed by atoms with Crippen molar-refractivity contribution >= 4 is 0 Å². The summed E-state index contributed by atoms with van der Waals surface area (Å²) in [6.45, 7) is 12.4. The zero-order valence-corrected chi connectivity index (χ0v) is 9.00. The minimum Gasteiger partial charge on any atom is -0.301 e. The van der Waals surface area contributed by atoms with E-state index in [0.29, 0.717) is 0 Å². The fraction of sp³-hybridized carbons (Fsp3) is 1.00. The van der Waals surface area contributed by atoms with Crippen LogP contribution in [0.25, 0.3) is 0 Å². The van der Waals surface area contributed by atoms with Gasteiger partial charge in [0, 0.05) is 32.7 Å². The molecular weight excluding hydrogens is 160 g/mol. The van der Waals surface area contributed by atoms with E-state index in [-0.39, 0.29) is 0 Å². The van der Waals surface area contributed by atoms with Crippen molar-refractivity contribution in [3.63, 3.8) is 0 Å². The van der Waals surface area contributed by atoms with E-state index in [4.69, 9.17) is 0 Å². The first-order chi connectivity index (χ1) is 6.29. The maximum absolute atomic E-state index is 2.65. The highest BCUT2D eigenvalue weighted by Crippen LogP contribution is 2.38. The van der Waals surface area contributed by atoms with Crippen LogP contribution >= 0.6 is 0 Å². The standard InChI is InChI=1S/C11H22N2/c1-3-12-4-6-13(7-5-12)9-11-8-10(11)2/h10-11H,3-9H2,1-2H3. The van der Waals surface area contributed by atoms with Crippen molar-refractivity contribution in [1.82, 2.24) is 9.80 Å². The van der Waals surface area contributed by atoms with E-state index in [0.717, 1.165) is 11.8 Å². The SMILES string of the molecule is CCN1CCN(CC2CC2C)CC1. The first kappa shape index (κ1) is 9.47. The molecule has 1 aliphatic carbocycles. The van der Waals surface area contributed by atoms with E-state index in [1.807, 2.05) is 0 Å². The molecule has 0 spiro atoms. The molecule has 0 aromatic rings. The van der Waals surface area contributed by atoms with Crippen molar-refractivity contribution in [2.24, 2.45) is 11.8 Å². The van der Waals surface area contributed by atoms with Gasteiger partial charge in [0.05, 0.1) is 0 Å². The summed E-state index contributed by atoms with van der Waals surface area (Å²) in [4.78, 5) is 5.20. The number of hydrogen-bond donors (Lipinski definition) is 0. The second-order valence-corrected chi connectivity index (χ2v) is 4.71. The molecule has 2 aliphatic rings. The number of piperazine rings is 1. The summed E-state index contributed by atoms with van der Waals surface area (Å²) < 4.78 is 0. The molecule has 1 saturated heterocycles. The molecule has 2 unspecified atom stereocenters. The summed E-state index contributed by atoms with van der Waals surface area (Å²) in [6.07, 6.45) is 1.48. The number of rotatable bonds is 3. The minimum atomic E-state index is 1.02. The summed E-state index contributed by atoms with van der Waals surface area (Å²) in [5, 5.41) is 0. The first-order valence-corrected chi connectivity index (χ1v) is 5.74. The minimum absolute atomic E-state index is 1.02. The maximum atomic E-state index is 2.65. The van der Waals surface area contributed by atoms with Gasteiger partial charge in [-0.15, -0.1) is 0 Å². The molecule has 0 radical (unpaired) electrons. The second-order valence-electron chi connectivity index (χ2n) is 4.71. The van der Waals surface area contributed by atoms with Gasteiger partial charge < -0.3 is 9.80 Å². The summed E-state index contributed by atoms with van der Waals surface area (Å²) >= 11 is 0. The van der Waals surface area contributed by atoms with Crippen LogP contribution in [0.2, 0.25) is 0 Å². The van der Waals surface area contributed by atoms with E-state index in [1.54, 1.807) is 0 Å². The topological polar surface area (TPSA) is 6.48 Å². The van der Waals surface area contributed by atoms with Crippen LogP contribution < -0.4 is 0 Å². The van der Waals surface area contributed by atoms with Gasteiger partial charge in [0.15, 0.2) is 0 Å². The maximum Gasteiger partial charge on any atom is 0.0110 e. The van der Waals surface area contributed by atoms with Crippen LogP contribution in [0.3, 0.4) is 0 Å². The van der Waals surface area contributed by atoms with Crippen molar-refractivity contribution in [1.29, 1.82) is 0 Å². The highest BCUT2D eigenvalue weighted by molar-refractivity contribution is 4.86. The molecule has 2 atom stereocenters. The molecule has 0 bridgehead atoms. The number of likely N-dealkylation sites (N-methyl/N-ethyl adjacent to an activating group) is 1. The number of nitrogens with zero attached hydrogens (tertiary/aromatic N) is 2. The average Bonchev–Trinajstić information content (AvgIpc) is 2.83. The van der Waals surface area contributed by atoms with Crippen LogP contribution in [0.5, 0.6) is 0 Å². The monoisotopic (exact) mass is 182 g/mol. The molecule has 13 heavy (non-hydrogen) atoms. The Morgan fingerprint density at radius 3 is 2.08 bits per heavy atom. The van der Waals surface area contributed by atoms with Crippen LogP contribution in [0.4, 0.5) is 0 Å². The van der Waals surface area contributed by atoms with Crippen molar-refractivity contribution in [3.8, 4) is 0 Å². The van der Waals surface area contributed by atoms with Gasteiger partial charge in [0.2, 0.25) is 0 Å². The van der Waals surface area contributed by atoms with Crippen LogP contribution in [-0.2, 0) is 0 Å². The Labute approximate surface area is 81.9 Å². The molecule has 0 aromatic carbocycles. The molecule has 2 fully saturated rings. The van der Waals surface area contributed by atoms with Crippen LogP contribution in [0.1, 0.15) is 20.3 Å². The third kappa shape index (κ3) is 2.44. The lowest BCUT2D eigenvalue weighted by Crippen LogP contribution is -2.46. The van der Waals surface area contributed by atoms with E-state index >= 15 is 0 Å². The molecule has 1 heterocycles. The molecule has 0 amide bonds. The Hall–Kier alpha value is -0.0800. The average molecular weight is 182 g/mol. The van der Waals surface area contributed by atoms with E-state index in [1.165, 1.54) is 45.7 Å². The predicted octanol–water partition coefficient (Wildman–Crippen LogP) is 1.28. The smallest absolute Gasteiger partial charge is 0.0110 e. The third-order valence-corrected chi connectivity index (χ3v) is 3.68. The molecule has 2 rings (SSSR count). The lowest BCUT2D eigenvalue weighted by atomic mass is 10.2. The lowest BCUT2D eigenvalue weighted by Gasteiger charge is -2.34. The summed E-state index contributed by atoms with van der Waals surface area (Å²) in [6, 6.07) is 0. The summed E-state index contributed by atoms with van der Waals surface area (Å²) in [5.41, 5.74) is 0. The summed E-state index contributed by atoms with van der Waals surface area (Å²) in [5.74, 6) is 2.05. The molecule has 1 aliphatic heterocycles. The summed E-state index contributed by atoms with van der Waals surface area (Å²) in [7, 11) is 0. The van der Waals surface area contributed by atoms with Gasteiger partial charge in [-0.2, -0.15) is 0 Å². The van der Waals surface area contributed by atoms with Crippen molar-refractivity contribution < 1.29 is 0 Å². The van der Waals surface area contributed by atoms with Gasteiger partial charge in [-0.1, -0.05) is 13.8 Å². The highest BCUT2D eigenvalue weighted by Gasteiger charge is 2.34. The largest absolute Gasteiger partial charge is 0.301 e. The lowest BCUT2D eigenvalue weighted by molar-refractivity contribution is 0.132.